The fourth-order valence-electron chi connectivity index (χ4n) is 1.64. The topological polar surface area (TPSA) is 68.8 Å². The van der Waals surface area contributed by atoms with Crippen LogP contribution in [0, 0.1) is 0 Å². The fourth-order valence-corrected chi connectivity index (χ4v) is 2.89. The van der Waals surface area contributed by atoms with Crippen LogP contribution in [0.3, 0.4) is 0 Å². The molecule has 19 heavy (non-hydrogen) atoms. The first-order chi connectivity index (χ1) is 9.19. The third-order valence-corrected chi connectivity index (χ3v) is 4.11. The Morgan fingerprint density at radius 2 is 2.37 bits per heavy atom. The Balaban J connectivity index is 1.91. The molecule has 0 fully saturated rings. The lowest BCUT2D eigenvalue weighted by Crippen LogP contribution is -2.39. The Labute approximate surface area is 121 Å². The molecule has 0 bridgehead atoms. The van der Waals surface area contributed by atoms with Crippen LogP contribution in [0.5, 0.6) is 0 Å². The molecule has 0 spiro atoms. The number of nitrogens with two attached hydrogens (primary N) is 1. The second kappa shape index (κ2) is 6.91. The minimum atomic E-state index is 0.131. The van der Waals surface area contributed by atoms with Crippen LogP contribution in [-0.2, 0) is 13.5 Å². The largest absolute Gasteiger partial charge is 0.271 e. The molecule has 5 nitrogen and oxygen atoms in total. The fraction of sp³-hybridized carbons (Fsp3) is 0.333. The minimum Gasteiger partial charge on any atom is -0.271 e. The van der Waals surface area contributed by atoms with Crippen molar-refractivity contribution >= 4 is 23.4 Å². The van der Waals surface area contributed by atoms with E-state index < -0.39 is 0 Å². The van der Waals surface area contributed by atoms with Gasteiger partial charge in [-0.1, -0.05) is 17.7 Å². The maximum absolute atomic E-state index is 5.95. The van der Waals surface area contributed by atoms with E-state index in [1.165, 1.54) is 0 Å². The minimum absolute atomic E-state index is 0.131. The van der Waals surface area contributed by atoms with Gasteiger partial charge >= 0.3 is 0 Å². The molecule has 2 rings (SSSR count). The molecule has 102 valence electrons. The van der Waals surface area contributed by atoms with E-state index in [1.54, 1.807) is 22.8 Å². The number of rotatable bonds is 6. The lowest BCUT2D eigenvalue weighted by molar-refractivity contribution is 0.544. The Hall–Kier alpha value is -1.08. The molecule has 0 radical (unpaired) electrons. The van der Waals surface area contributed by atoms with Gasteiger partial charge in [0.1, 0.15) is 12.2 Å². The summed E-state index contributed by atoms with van der Waals surface area (Å²) >= 11 is 7.67. The molecule has 1 heterocycles. The Kier molecular flexibility index (Phi) is 5.21. The van der Waals surface area contributed by atoms with Crippen molar-refractivity contribution in [3.05, 3.63) is 41.4 Å². The molecule has 1 unspecified atom stereocenters. The number of hydrogen-bond acceptors (Lipinski definition) is 5. The Bertz CT molecular complexity index is 530. The number of benzene rings is 1. The van der Waals surface area contributed by atoms with Crippen molar-refractivity contribution in [2.75, 3.05) is 5.75 Å². The summed E-state index contributed by atoms with van der Waals surface area (Å²) in [4.78, 5) is 5.33. The van der Waals surface area contributed by atoms with Crippen LogP contribution in [0.25, 0.3) is 0 Å². The zero-order chi connectivity index (χ0) is 13.7. The van der Waals surface area contributed by atoms with Gasteiger partial charge in [-0.2, -0.15) is 5.10 Å². The summed E-state index contributed by atoms with van der Waals surface area (Å²) in [6.07, 6.45) is 2.29. The Morgan fingerprint density at radius 1 is 1.53 bits per heavy atom. The average molecular weight is 298 g/mol. The predicted octanol–water partition coefficient (Wildman–Crippen LogP) is 1.64. The summed E-state index contributed by atoms with van der Waals surface area (Å²) in [7, 11) is 1.88. The smallest absolute Gasteiger partial charge is 0.138 e. The summed E-state index contributed by atoms with van der Waals surface area (Å²) in [6, 6.07) is 7.92. The molecular weight excluding hydrogens is 282 g/mol. The first-order valence-electron chi connectivity index (χ1n) is 5.86. The molecule has 1 aromatic carbocycles. The van der Waals surface area contributed by atoms with E-state index in [9.17, 15) is 0 Å². The second-order valence-corrected chi connectivity index (χ2v) is 5.67. The number of hydrazine groups is 1. The van der Waals surface area contributed by atoms with E-state index >= 15 is 0 Å². The van der Waals surface area contributed by atoms with Gasteiger partial charge in [0.05, 0.1) is 0 Å². The van der Waals surface area contributed by atoms with Gasteiger partial charge in [0.25, 0.3) is 0 Å². The molecule has 3 N–H and O–H groups in total. The van der Waals surface area contributed by atoms with E-state index in [2.05, 4.69) is 15.5 Å². The van der Waals surface area contributed by atoms with Gasteiger partial charge in [-0.3, -0.25) is 16.0 Å². The quantitative estimate of drug-likeness (QED) is 0.482. The van der Waals surface area contributed by atoms with Crippen molar-refractivity contribution in [1.29, 1.82) is 0 Å². The van der Waals surface area contributed by atoms with E-state index in [-0.39, 0.29) is 6.04 Å². The van der Waals surface area contributed by atoms with Gasteiger partial charge in [0.2, 0.25) is 0 Å². The molecule has 1 aromatic heterocycles. The highest BCUT2D eigenvalue weighted by Crippen LogP contribution is 2.22. The van der Waals surface area contributed by atoms with Crippen LogP contribution in [0.4, 0.5) is 0 Å². The van der Waals surface area contributed by atoms with Gasteiger partial charge in [-0.15, -0.1) is 11.8 Å². The van der Waals surface area contributed by atoms with Crippen molar-refractivity contribution in [2.45, 2.75) is 17.4 Å². The van der Waals surface area contributed by atoms with Crippen LogP contribution >= 0.6 is 23.4 Å². The SMILES string of the molecule is Cn1ncnc1CC(CSc1cccc(Cl)c1)NN. The van der Waals surface area contributed by atoms with Gasteiger partial charge in [0.15, 0.2) is 0 Å². The second-order valence-electron chi connectivity index (χ2n) is 4.14. The standard InChI is InChI=1S/C12H16ClN5S/c1-18-12(15-8-16-18)6-10(17-14)7-19-11-4-2-3-9(13)5-11/h2-5,8,10,17H,6-7,14H2,1H3. The van der Waals surface area contributed by atoms with Gasteiger partial charge in [0, 0.05) is 35.2 Å². The summed E-state index contributed by atoms with van der Waals surface area (Å²) < 4.78 is 1.76. The zero-order valence-electron chi connectivity index (χ0n) is 10.6. The first-order valence-corrected chi connectivity index (χ1v) is 7.22. The number of hydrogen-bond donors (Lipinski definition) is 2. The van der Waals surface area contributed by atoms with Crippen molar-refractivity contribution < 1.29 is 0 Å². The number of nitrogens with zero attached hydrogens (tertiary/aromatic N) is 3. The third-order valence-electron chi connectivity index (χ3n) is 2.72. The number of nitrogens with one attached hydrogen (secondary N) is 1. The van der Waals surface area contributed by atoms with Crippen LogP contribution in [0.15, 0.2) is 35.5 Å². The molecule has 0 saturated carbocycles. The molecule has 0 saturated heterocycles. The summed E-state index contributed by atoms with van der Waals surface area (Å²) in [5, 5.41) is 4.79. The lowest BCUT2D eigenvalue weighted by atomic mass is 10.2. The van der Waals surface area contributed by atoms with Crippen LogP contribution in [0.2, 0.25) is 5.02 Å². The highest BCUT2D eigenvalue weighted by atomic mass is 35.5. The average Bonchev–Trinajstić information content (AvgIpc) is 2.80. The molecule has 0 amide bonds. The maximum atomic E-state index is 5.95. The van der Waals surface area contributed by atoms with Gasteiger partial charge in [-0.25, -0.2) is 4.98 Å². The molecular formula is C12H16ClN5S. The van der Waals surface area contributed by atoms with Crippen LogP contribution in [0.1, 0.15) is 5.82 Å². The first kappa shape index (κ1) is 14.3. The summed E-state index contributed by atoms with van der Waals surface area (Å²) in [6.45, 7) is 0. The van der Waals surface area contributed by atoms with E-state index in [0.717, 1.165) is 27.9 Å². The van der Waals surface area contributed by atoms with Crippen LogP contribution in [-0.4, -0.2) is 26.6 Å². The summed E-state index contributed by atoms with van der Waals surface area (Å²) in [5.74, 6) is 7.34. The van der Waals surface area contributed by atoms with Crippen molar-refractivity contribution in [3.63, 3.8) is 0 Å². The maximum Gasteiger partial charge on any atom is 0.138 e. The highest BCUT2D eigenvalue weighted by Gasteiger charge is 2.12. The molecule has 0 aliphatic rings. The van der Waals surface area contributed by atoms with Crippen molar-refractivity contribution in [1.82, 2.24) is 20.2 Å². The number of thioether (sulfide) groups is 1. The van der Waals surface area contributed by atoms with Crippen LogP contribution < -0.4 is 11.3 Å². The van der Waals surface area contributed by atoms with E-state index in [1.807, 2.05) is 31.3 Å². The number of halogens is 1. The molecule has 0 aliphatic heterocycles. The van der Waals surface area contributed by atoms with Gasteiger partial charge < -0.3 is 0 Å². The third kappa shape index (κ3) is 4.21. The Morgan fingerprint density at radius 3 is 3.00 bits per heavy atom. The van der Waals surface area contributed by atoms with E-state index in [4.69, 9.17) is 17.4 Å². The normalized spacial score (nSPS) is 12.6. The number of aromatic nitrogens is 3. The summed E-state index contributed by atoms with van der Waals surface area (Å²) in [5.41, 5.74) is 2.82. The zero-order valence-corrected chi connectivity index (χ0v) is 12.2. The molecule has 2 aromatic rings. The molecule has 7 heteroatoms. The van der Waals surface area contributed by atoms with Gasteiger partial charge in [-0.05, 0) is 18.2 Å². The molecule has 0 aliphatic carbocycles. The monoisotopic (exact) mass is 297 g/mol. The number of aryl methyl sites for hydroxylation is 1. The lowest BCUT2D eigenvalue weighted by Gasteiger charge is -2.14. The molecule has 1 atom stereocenters. The predicted molar refractivity (Wildman–Crippen MR) is 78.0 cm³/mol. The van der Waals surface area contributed by atoms with Crippen molar-refractivity contribution in [3.8, 4) is 0 Å². The highest BCUT2D eigenvalue weighted by molar-refractivity contribution is 7.99. The van der Waals surface area contributed by atoms with Crippen molar-refractivity contribution in [2.24, 2.45) is 12.9 Å². The van der Waals surface area contributed by atoms with E-state index in [0.29, 0.717) is 0 Å².